The summed E-state index contributed by atoms with van der Waals surface area (Å²) in [5.74, 6) is 1.11. The van der Waals surface area contributed by atoms with Gasteiger partial charge in [-0.05, 0) is 31.4 Å². The van der Waals surface area contributed by atoms with Crippen LogP contribution in [0.5, 0.6) is 0 Å². The van der Waals surface area contributed by atoms with Gasteiger partial charge in [-0.2, -0.15) is 0 Å². The Morgan fingerprint density at radius 2 is 2.00 bits per heavy atom. The van der Waals surface area contributed by atoms with Gasteiger partial charge in [0.1, 0.15) is 0 Å². The molecule has 1 aliphatic carbocycles. The van der Waals surface area contributed by atoms with Crippen LogP contribution in [0.3, 0.4) is 0 Å². The van der Waals surface area contributed by atoms with Crippen molar-refractivity contribution in [2.75, 3.05) is 0 Å². The molecule has 1 heterocycles. The average molecular weight is 313 g/mol. The molecule has 1 amide bonds. The molecule has 5 nitrogen and oxygen atoms in total. The van der Waals surface area contributed by atoms with Crippen LogP contribution in [-0.4, -0.2) is 22.1 Å². The zero-order valence-corrected chi connectivity index (χ0v) is 13.5. The Bertz CT molecular complexity index is 660. The van der Waals surface area contributed by atoms with Crippen LogP contribution in [0.2, 0.25) is 0 Å². The molecule has 0 saturated heterocycles. The lowest BCUT2D eigenvalue weighted by Gasteiger charge is -2.22. The highest BCUT2D eigenvalue weighted by atomic mass is 16.4. The fourth-order valence-corrected chi connectivity index (χ4v) is 3.04. The number of carbonyl (C=O) groups excluding carboxylic acids is 1. The Labute approximate surface area is 136 Å². The third kappa shape index (κ3) is 4.18. The molecular formula is C18H23N3O2. The molecule has 0 atom stereocenters. The molecule has 0 aliphatic heterocycles. The smallest absolute Gasteiger partial charge is 0.247 e. The van der Waals surface area contributed by atoms with Gasteiger partial charge in [0.2, 0.25) is 17.7 Å². The lowest BCUT2D eigenvalue weighted by molar-refractivity contribution is -0.122. The first-order valence-corrected chi connectivity index (χ1v) is 8.40. The first-order valence-electron chi connectivity index (χ1n) is 8.40. The average Bonchev–Trinajstić information content (AvgIpc) is 3.03. The summed E-state index contributed by atoms with van der Waals surface area (Å²) < 4.78 is 5.69. The maximum absolute atomic E-state index is 12.0. The number of nitrogens with zero attached hydrogens (tertiary/aromatic N) is 2. The predicted molar refractivity (Wildman–Crippen MR) is 87.8 cm³/mol. The van der Waals surface area contributed by atoms with Crippen LogP contribution < -0.4 is 5.32 Å². The summed E-state index contributed by atoms with van der Waals surface area (Å²) in [6.07, 6.45) is 6.80. The van der Waals surface area contributed by atoms with Crippen molar-refractivity contribution in [3.05, 3.63) is 35.7 Å². The van der Waals surface area contributed by atoms with Crippen molar-refractivity contribution in [2.45, 2.75) is 57.9 Å². The lowest BCUT2D eigenvalue weighted by atomic mass is 9.95. The molecule has 1 aromatic carbocycles. The van der Waals surface area contributed by atoms with Crippen molar-refractivity contribution in [1.82, 2.24) is 15.5 Å². The standard InChI is InChI=1S/C18H23N3O2/c1-13-7-5-6-10-15(13)18-21-20-17(23-18)12-11-16(22)19-14-8-3-2-4-9-14/h5-7,10,14H,2-4,8-9,11-12H2,1H3,(H,19,22). The van der Waals surface area contributed by atoms with Gasteiger partial charge in [0.15, 0.2) is 0 Å². The van der Waals surface area contributed by atoms with E-state index in [0.29, 0.717) is 30.7 Å². The van der Waals surface area contributed by atoms with E-state index < -0.39 is 0 Å². The summed E-state index contributed by atoms with van der Waals surface area (Å²) in [6, 6.07) is 8.25. The van der Waals surface area contributed by atoms with Crippen molar-refractivity contribution in [3.63, 3.8) is 0 Å². The van der Waals surface area contributed by atoms with Gasteiger partial charge in [0.05, 0.1) is 0 Å². The van der Waals surface area contributed by atoms with Crippen LogP contribution in [0.25, 0.3) is 11.5 Å². The molecule has 23 heavy (non-hydrogen) atoms. The molecule has 0 unspecified atom stereocenters. The Kier molecular flexibility index (Phi) is 5.05. The zero-order valence-electron chi connectivity index (χ0n) is 13.5. The van der Waals surface area contributed by atoms with Crippen molar-refractivity contribution in [3.8, 4) is 11.5 Å². The molecule has 1 fully saturated rings. The van der Waals surface area contributed by atoms with E-state index in [0.717, 1.165) is 24.0 Å². The summed E-state index contributed by atoms with van der Waals surface area (Å²) in [6.45, 7) is 2.01. The van der Waals surface area contributed by atoms with E-state index in [1.165, 1.54) is 19.3 Å². The van der Waals surface area contributed by atoms with Gasteiger partial charge < -0.3 is 9.73 Å². The monoisotopic (exact) mass is 313 g/mol. The van der Waals surface area contributed by atoms with Gasteiger partial charge in [0, 0.05) is 24.4 Å². The second-order valence-electron chi connectivity index (χ2n) is 6.22. The van der Waals surface area contributed by atoms with Crippen LogP contribution in [0.4, 0.5) is 0 Å². The fourth-order valence-electron chi connectivity index (χ4n) is 3.04. The largest absolute Gasteiger partial charge is 0.421 e. The minimum absolute atomic E-state index is 0.0764. The Hall–Kier alpha value is -2.17. The molecule has 1 aliphatic rings. The van der Waals surface area contributed by atoms with Crippen molar-refractivity contribution < 1.29 is 9.21 Å². The van der Waals surface area contributed by atoms with E-state index in [9.17, 15) is 4.79 Å². The topological polar surface area (TPSA) is 68.0 Å². The van der Waals surface area contributed by atoms with Crippen LogP contribution in [0, 0.1) is 6.92 Å². The maximum atomic E-state index is 12.0. The Morgan fingerprint density at radius 1 is 1.22 bits per heavy atom. The molecule has 5 heteroatoms. The SMILES string of the molecule is Cc1ccccc1-c1nnc(CCC(=O)NC2CCCCC2)o1. The quantitative estimate of drug-likeness (QED) is 0.918. The Balaban J connectivity index is 1.53. The van der Waals surface area contributed by atoms with Gasteiger partial charge in [-0.3, -0.25) is 4.79 Å². The van der Waals surface area contributed by atoms with Crippen LogP contribution in [-0.2, 0) is 11.2 Å². The molecule has 0 radical (unpaired) electrons. The first kappa shape index (κ1) is 15.7. The molecule has 2 aromatic rings. The van der Waals surface area contributed by atoms with E-state index in [4.69, 9.17) is 4.42 Å². The summed E-state index contributed by atoms with van der Waals surface area (Å²) in [7, 11) is 0. The van der Waals surface area contributed by atoms with Crippen LogP contribution in [0.15, 0.2) is 28.7 Å². The van der Waals surface area contributed by atoms with E-state index in [-0.39, 0.29) is 5.91 Å². The summed E-state index contributed by atoms with van der Waals surface area (Å²) in [5.41, 5.74) is 2.04. The number of aromatic nitrogens is 2. The number of benzene rings is 1. The first-order chi connectivity index (χ1) is 11.2. The minimum atomic E-state index is 0.0764. The molecule has 1 aromatic heterocycles. The number of aryl methyl sites for hydroxylation is 2. The molecule has 0 bridgehead atoms. The number of amides is 1. The van der Waals surface area contributed by atoms with Gasteiger partial charge in [0.25, 0.3) is 0 Å². The number of hydrogen-bond acceptors (Lipinski definition) is 4. The van der Waals surface area contributed by atoms with E-state index >= 15 is 0 Å². The molecule has 1 N–H and O–H groups in total. The fraction of sp³-hybridized carbons (Fsp3) is 0.500. The zero-order chi connectivity index (χ0) is 16.1. The van der Waals surface area contributed by atoms with Crippen molar-refractivity contribution in [2.24, 2.45) is 0 Å². The van der Waals surface area contributed by atoms with Gasteiger partial charge in [-0.25, -0.2) is 0 Å². The van der Waals surface area contributed by atoms with Crippen LogP contribution in [0.1, 0.15) is 50.0 Å². The number of hydrogen-bond donors (Lipinski definition) is 1. The van der Waals surface area contributed by atoms with Gasteiger partial charge in [-0.15, -0.1) is 10.2 Å². The highest BCUT2D eigenvalue weighted by Gasteiger charge is 2.16. The second-order valence-corrected chi connectivity index (χ2v) is 6.22. The molecule has 1 saturated carbocycles. The molecule has 0 spiro atoms. The summed E-state index contributed by atoms with van der Waals surface area (Å²) in [4.78, 5) is 12.0. The minimum Gasteiger partial charge on any atom is -0.421 e. The molecule has 3 rings (SSSR count). The molecule has 122 valence electrons. The van der Waals surface area contributed by atoms with E-state index in [1.807, 2.05) is 31.2 Å². The third-order valence-electron chi connectivity index (χ3n) is 4.38. The van der Waals surface area contributed by atoms with E-state index in [2.05, 4.69) is 15.5 Å². The highest BCUT2D eigenvalue weighted by molar-refractivity contribution is 5.76. The summed E-state index contributed by atoms with van der Waals surface area (Å²) in [5, 5.41) is 11.3. The number of rotatable bonds is 5. The van der Waals surface area contributed by atoms with Crippen molar-refractivity contribution in [1.29, 1.82) is 0 Å². The van der Waals surface area contributed by atoms with Gasteiger partial charge >= 0.3 is 0 Å². The highest BCUT2D eigenvalue weighted by Crippen LogP contribution is 2.22. The predicted octanol–water partition coefficient (Wildman–Crippen LogP) is 3.43. The third-order valence-corrected chi connectivity index (χ3v) is 4.38. The normalized spacial score (nSPS) is 15.5. The van der Waals surface area contributed by atoms with E-state index in [1.54, 1.807) is 0 Å². The summed E-state index contributed by atoms with van der Waals surface area (Å²) >= 11 is 0. The van der Waals surface area contributed by atoms with Crippen molar-refractivity contribution >= 4 is 5.91 Å². The number of nitrogens with one attached hydrogen (secondary N) is 1. The maximum Gasteiger partial charge on any atom is 0.247 e. The second kappa shape index (κ2) is 7.40. The lowest BCUT2D eigenvalue weighted by Crippen LogP contribution is -2.36. The van der Waals surface area contributed by atoms with Crippen LogP contribution >= 0.6 is 0 Å². The van der Waals surface area contributed by atoms with Gasteiger partial charge in [-0.1, -0.05) is 37.5 Å². The molecular weight excluding hydrogens is 290 g/mol. The Morgan fingerprint density at radius 3 is 2.78 bits per heavy atom. The number of carbonyl (C=O) groups is 1.